The van der Waals surface area contributed by atoms with Crippen molar-refractivity contribution in [3.63, 3.8) is 0 Å². The Morgan fingerprint density at radius 2 is 2.17 bits per heavy atom. The SMILES string of the molecule is CN=C(NCCc1nc(-c2ccco2)n[nH]1)NC(C)Cc1c(C)nn(C)c1C.I. The molecule has 0 fully saturated rings. The van der Waals surface area contributed by atoms with Crippen LogP contribution >= 0.6 is 24.0 Å². The van der Waals surface area contributed by atoms with Crippen molar-refractivity contribution in [1.29, 1.82) is 0 Å². The lowest BCUT2D eigenvalue weighted by atomic mass is 10.1. The molecule has 1 unspecified atom stereocenters. The van der Waals surface area contributed by atoms with Crippen LogP contribution in [-0.4, -0.2) is 50.6 Å². The number of nitrogens with one attached hydrogen (secondary N) is 3. The monoisotopic (exact) mass is 512 g/mol. The maximum atomic E-state index is 5.31. The zero-order valence-electron chi connectivity index (χ0n) is 17.5. The predicted octanol–water partition coefficient (Wildman–Crippen LogP) is 2.37. The molecule has 0 spiro atoms. The maximum Gasteiger partial charge on any atom is 0.216 e. The zero-order chi connectivity index (χ0) is 20.1. The number of aryl methyl sites for hydroxylation is 2. The van der Waals surface area contributed by atoms with Crippen molar-refractivity contribution < 1.29 is 4.42 Å². The van der Waals surface area contributed by atoms with E-state index < -0.39 is 0 Å². The van der Waals surface area contributed by atoms with E-state index in [2.05, 4.69) is 56.7 Å². The molecule has 1 atom stereocenters. The van der Waals surface area contributed by atoms with Gasteiger partial charge in [-0.15, -0.1) is 24.0 Å². The highest BCUT2D eigenvalue weighted by atomic mass is 127. The van der Waals surface area contributed by atoms with Crippen molar-refractivity contribution >= 4 is 29.9 Å². The normalized spacial score (nSPS) is 12.5. The Labute approximate surface area is 187 Å². The first-order chi connectivity index (χ1) is 13.5. The molecule has 0 radical (unpaired) electrons. The van der Waals surface area contributed by atoms with Gasteiger partial charge in [0.15, 0.2) is 11.7 Å². The van der Waals surface area contributed by atoms with Gasteiger partial charge in [-0.1, -0.05) is 0 Å². The van der Waals surface area contributed by atoms with Crippen LogP contribution in [0.1, 0.15) is 29.7 Å². The van der Waals surface area contributed by atoms with Gasteiger partial charge in [-0.25, -0.2) is 4.98 Å². The molecule has 10 heteroatoms. The van der Waals surface area contributed by atoms with E-state index in [0.29, 0.717) is 24.6 Å². The van der Waals surface area contributed by atoms with E-state index in [-0.39, 0.29) is 30.0 Å². The quantitative estimate of drug-likeness (QED) is 0.255. The number of H-pyrrole nitrogens is 1. The second-order valence-electron chi connectivity index (χ2n) is 6.85. The number of aromatic amines is 1. The third kappa shape index (κ3) is 5.81. The molecule has 0 aliphatic heterocycles. The van der Waals surface area contributed by atoms with Crippen LogP contribution in [-0.2, 0) is 19.9 Å². The third-order valence-electron chi connectivity index (χ3n) is 4.70. The Kier molecular flexibility index (Phi) is 8.23. The molecule has 0 amide bonds. The van der Waals surface area contributed by atoms with Crippen LogP contribution in [0.5, 0.6) is 0 Å². The molecule has 9 nitrogen and oxygen atoms in total. The van der Waals surface area contributed by atoms with Gasteiger partial charge < -0.3 is 15.1 Å². The number of guanidine groups is 1. The molecule has 3 aromatic heterocycles. The van der Waals surface area contributed by atoms with Crippen molar-refractivity contribution in [2.24, 2.45) is 12.0 Å². The van der Waals surface area contributed by atoms with Gasteiger partial charge in [0, 0.05) is 38.8 Å². The van der Waals surface area contributed by atoms with Gasteiger partial charge >= 0.3 is 0 Å². The van der Waals surface area contributed by atoms with E-state index in [1.807, 2.05) is 23.9 Å². The minimum Gasteiger partial charge on any atom is -0.461 e. The minimum absolute atomic E-state index is 0. The van der Waals surface area contributed by atoms with Crippen LogP contribution in [0.3, 0.4) is 0 Å². The first kappa shape index (κ1) is 22.9. The van der Waals surface area contributed by atoms with Gasteiger partial charge in [0.05, 0.1) is 12.0 Å². The Bertz CT molecular complexity index is 928. The number of aliphatic imine (C=N–C) groups is 1. The molecule has 3 aromatic rings. The fourth-order valence-corrected chi connectivity index (χ4v) is 3.12. The molecule has 0 aliphatic carbocycles. The van der Waals surface area contributed by atoms with Gasteiger partial charge in [0.2, 0.25) is 5.82 Å². The van der Waals surface area contributed by atoms with Gasteiger partial charge in [-0.3, -0.25) is 14.8 Å². The number of halogens is 1. The van der Waals surface area contributed by atoms with Gasteiger partial charge in [0.1, 0.15) is 5.82 Å². The highest BCUT2D eigenvalue weighted by Crippen LogP contribution is 2.15. The Morgan fingerprint density at radius 3 is 2.79 bits per heavy atom. The average Bonchev–Trinajstić information content (AvgIpc) is 3.39. The average molecular weight is 512 g/mol. The summed E-state index contributed by atoms with van der Waals surface area (Å²) in [5.74, 6) is 2.78. The smallest absolute Gasteiger partial charge is 0.216 e. The Hall–Kier alpha value is -2.37. The Balaban J connectivity index is 0.00000300. The first-order valence-electron chi connectivity index (χ1n) is 9.39. The fraction of sp³-hybridized carbons (Fsp3) is 0.474. The second-order valence-corrected chi connectivity index (χ2v) is 6.85. The number of aromatic nitrogens is 5. The summed E-state index contributed by atoms with van der Waals surface area (Å²) in [6.45, 7) is 6.98. The summed E-state index contributed by atoms with van der Waals surface area (Å²) >= 11 is 0. The number of furan rings is 1. The maximum absolute atomic E-state index is 5.31. The van der Waals surface area contributed by atoms with E-state index in [1.54, 1.807) is 13.3 Å². The summed E-state index contributed by atoms with van der Waals surface area (Å²) in [6, 6.07) is 3.88. The van der Waals surface area contributed by atoms with E-state index >= 15 is 0 Å². The van der Waals surface area contributed by atoms with E-state index in [4.69, 9.17) is 4.42 Å². The highest BCUT2D eigenvalue weighted by molar-refractivity contribution is 14.0. The van der Waals surface area contributed by atoms with E-state index in [0.717, 1.165) is 23.9 Å². The molecular formula is C19H29IN8O. The molecule has 0 aliphatic rings. The third-order valence-corrected chi connectivity index (χ3v) is 4.70. The lowest BCUT2D eigenvalue weighted by molar-refractivity contribution is 0.577. The molecule has 3 N–H and O–H groups in total. The van der Waals surface area contributed by atoms with E-state index in [1.165, 1.54) is 11.3 Å². The standard InChI is InChI=1S/C19H28N8O.HI/c1-12(11-15-13(2)26-27(5)14(15)3)22-19(20-4)21-9-8-17-23-18(25-24-17)16-7-6-10-28-16;/h6-7,10,12H,8-9,11H2,1-5H3,(H2,20,21,22)(H,23,24,25);1H. The molecule has 29 heavy (non-hydrogen) atoms. The topological polar surface area (TPSA) is 109 Å². The van der Waals surface area contributed by atoms with Crippen LogP contribution in [0, 0.1) is 13.8 Å². The number of rotatable bonds is 7. The van der Waals surface area contributed by atoms with Crippen molar-refractivity contribution in [3.8, 4) is 11.6 Å². The summed E-state index contributed by atoms with van der Waals surface area (Å²) in [5.41, 5.74) is 3.56. The second kappa shape index (κ2) is 10.4. The van der Waals surface area contributed by atoms with Crippen LogP contribution in [0.2, 0.25) is 0 Å². The first-order valence-corrected chi connectivity index (χ1v) is 9.39. The lowest BCUT2D eigenvalue weighted by Gasteiger charge is -2.18. The molecule has 0 saturated heterocycles. The summed E-state index contributed by atoms with van der Waals surface area (Å²) in [4.78, 5) is 8.75. The fourth-order valence-electron chi connectivity index (χ4n) is 3.12. The van der Waals surface area contributed by atoms with Crippen molar-refractivity contribution in [3.05, 3.63) is 41.2 Å². The van der Waals surface area contributed by atoms with Crippen LogP contribution in [0.25, 0.3) is 11.6 Å². The number of hydrogen-bond acceptors (Lipinski definition) is 5. The largest absolute Gasteiger partial charge is 0.461 e. The highest BCUT2D eigenvalue weighted by Gasteiger charge is 2.14. The van der Waals surface area contributed by atoms with Crippen LogP contribution in [0.15, 0.2) is 27.8 Å². The molecule has 3 rings (SSSR count). The van der Waals surface area contributed by atoms with Crippen LogP contribution in [0.4, 0.5) is 0 Å². The molecular weight excluding hydrogens is 483 g/mol. The zero-order valence-corrected chi connectivity index (χ0v) is 19.8. The summed E-state index contributed by atoms with van der Waals surface area (Å²) in [6.07, 6.45) is 3.20. The molecule has 0 saturated carbocycles. The number of nitrogens with zero attached hydrogens (tertiary/aromatic N) is 5. The predicted molar refractivity (Wildman–Crippen MR) is 124 cm³/mol. The summed E-state index contributed by atoms with van der Waals surface area (Å²) in [7, 11) is 3.75. The molecule has 158 valence electrons. The summed E-state index contributed by atoms with van der Waals surface area (Å²) < 4.78 is 7.24. The number of hydrogen-bond donors (Lipinski definition) is 3. The van der Waals surface area contributed by atoms with Crippen LogP contribution < -0.4 is 10.6 Å². The Morgan fingerprint density at radius 1 is 1.38 bits per heavy atom. The van der Waals surface area contributed by atoms with Crippen molar-refractivity contribution in [1.82, 2.24) is 35.6 Å². The van der Waals surface area contributed by atoms with Crippen molar-refractivity contribution in [2.75, 3.05) is 13.6 Å². The summed E-state index contributed by atoms with van der Waals surface area (Å²) in [5, 5.41) is 18.4. The van der Waals surface area contributed by atoms with Gasteiger partial charge in [0.25, 0.3) is 0 Å². The van der Waals surface area contributed by atoms with Gasteiger partial charge in [-0.2, -0.15) is 10.2 Å². The lowest BCUT2D eigenvalue weighted by Crippen LogP contribution is -2.43. The molecule has 3 heterocycles. The molecule has 0 bridgehead atoms. The van der Waals surface area contributed by atoms with Crippen molar-refractivity contribution in [2.45, 2.75) is 39.7 Å². The minimum atomic E-state index is 0. The molecule has 0 aromatic carbocycles. The van der Waals surface area contributed by atoms with E-state index in [9.17, 15) is 0 Å². The van der Waals surface area contributed by atoms with Gasteiger partial charge in [-0.05, 0) is 44.9 Å².